The van der Waals surface area contributed by atoms with Crippen molar-refractivity contribution in [3.63, 3.8) is 0 Å². The van der Waals surface area contributed by atoms with Gasteiger partial charge in [0.25, 0.3) is 6.71 Å². The summed E-state index contributed by atoms with van der Waals surface area (Å²) in [4.78, 5) is 4.92. The Bertz CT molecular complexity index is 3380. The second kappa shape index (κ2) is 14.4. The lowest BCUT2D eigenvalue weighted by atomic mass is 9.32. The Balaban J connectivity index is 1.33. The molecule has 4 aliphatic rings. The van der Waals surface area contributed by atoms with E-state index in [4.69, 9.17) is 0 Å². The van der Waals surface area contributed by atoms with Gasteiger partial charge in [-0.1, -0.05) is 182 Å². The predicted octanol–water partition coefficient (Wildman–Crippen LogP) is 15.6. The Kier molecular flexibility index (Phi) is 8.71. The molecule has 0 saturated carbocycles. The summed E-state index contributed by atoms with van der Waals surface area (Å²) in [7, 11) is 0. The van der Waals surface area contributed by atoms with Gasteiger partial charge in [-0.15, -0.1) is 0 Å². The minimum Gasteiger partial charge on any atom is -0.311 e. The molecular weight excluding hydrogens is 820 g/mol. The summed E-state index contributed by atoms with van der Waals surface area (Å²) in [6.45, 7) is 32.5. The molecule has 3 heteroatoms. The summed E-state index contributed by atoms with van der Waals surface area (Å²) in [5.41, 5.74) is 23.3. The molecule has 0 amide bonds. The first-order chi connectivity index (χ1) is 33.0. The maximum absolute atomic E-state index is 9.26. The molecule has 11 rings (SSSR count). The summed E-state index contributed by atoms with van der Waals surface area (Å²) >= 11 is 0. The number of hydrogen-bond donors (Lipinski definition) is 0. The van der Waals surface area contributed by atoms with Crippen molar-refractivity contribution < 1.29 is 4.11 Å². The topological polar surface area (TPSA) is 6.48 Å². The van der Waals surface area contributed by atoms with Crippen LogP contribution in [0, 0.1) is 13.8 Å². The minimum absolute atomic E-state index is 0.0455. The quantitative estimate of drug-likeness (QED) is 0.163. The third-order valence-electron chi connectivity index (χ3n) is 16.8. The summed E-state index contributed by atoms with van der Waals surface area (Å²) in [5.74, 6) is 0. The fourth-order valence-corrected chi connectivity index (χ4v) is 13.3. The molecule has 0 unspecified atom stereocenters. The van der Waals surface area contributed by atoms with Crippen LogP contribution < -0.4 is 26.2 Å². The van der Waals surface area contributed by atoms with Crippen LogP contribution in [0.1, 0.15) is 163 Å². The Morgan fingerprint density at radius 3 is 1.49 bits per heavy atom. The summed E-state index contributed by atoms with van der Waals surface area (Å²) < 4.78 is 27.8. The molecule has 2 aliphatic heterocycles. The van der Waals surface area contributed by atoms with Gasteiger partial charge in [-0.2, -0.15) is 0 Å². The number of nitrogens with zero attached hydrogens (tertiary/aromatic N) is 2. The number of fused-ring (bicyclic) bond motifs is 7. The van der Waals surface area contributed by atoms with Crippen molar-refractivity contribution in [2.45, 2.75) is 150 Å². The van der Waals surface area contributed by atoms with Gasteiger partial charge in [-0.3, -0.25) is 0 Å². The van der Waals surface area contributed by atoms with Crippen LogP contribution in [0.3, 0.4) is 0 Å². The van der Waals surface area contributed by atoms with Crippen LogP contribution in [-0.2, 0) is 32.5 Å². The lowest BCUT2D eigenvalue weighted by Crippen LogP contribution is -2.62. The lowest BCUT2D eigenvalue weighted by molar-refractivity contribution is 0.403. The van der Waals surface area contributed by atoms with Crippen LogP contribution >= 0.6 is 0 Å². The van der Waals surface area contributed by atoms with E-state index in [0.29, 0.717) is 5.56 Å². The van der Waals surface area contributed by atoms with Gasteiger partial charge in [-0.25, -0.2) is 0 Å². The summed E-state index contributed by atoms with van der Waals surface area (Å²) in [6.07, 6.45) is 1.04. The SMILES string of the molecule is [2H]C([2H])([2H])c1cc2c3c(c1)N(c1ccc(C(C)(C)C)cc1-c1ccccc1)c1cc4c(cc1B3c1cc3c(cc1N2c1ccc(C(C)(C)C)cc1C)C(C)(C)CC3(C)C)C(C)(C)c1ccccc1C4(C)C. The normalized spacial score (nSPS) is 18.6. The molecule has 0 spiro atoms. The molecule has 68 heavy (non-hydrogen) atoms. The van der Waals surface area contributed by atoms with E-state index in [-0.39, 0.29) is 39.2 Å². The molecule has 0 aromatic heterocycles. The zero-order valence-electron chi connectivity index (χ0n) is 46.3. The van der Waals surface area contributed by atoms with Crippen LogP contribution in [0.5, 0.6) is 0 Å². The van der Waals surface area contributed by atoms with Gasteiger partial charge in [-0.05, 0) is 162 Å². The number of anilines is 6. The molecule has 2 heterocycles. The third kappa shape index (κ3) is 6.43. The maximum Gasteiger partial charge on any atom is 0.252 e. The third-order valence-corrected chi connectivity index (χ3v) is 16.8. The van der Waals surface area contributed by atoms with E-state index in [1.807, 2.05) is 12.1 Å². The highest BCUT2D eigenvalue weighted by Crippen LogP contribution is 2.56. The van der Waals surface area contributed by atoms with Crippen LogP contribution in [0.25, 0.3) is 11.1 Å². The Hall–Kier alpha value is -5.80. The number of rotatable bonds is 3. The first-order valence-corrected chi connectivity index (χ1v) is 25.1. The molecular formula is C65H71BN2. The minimum atomic E-state index is -2.39. The van der Waals surface area contributed by atoms with Gasteiger partial charge in [0.1, 0.15) is 0 Å². The molecule has 0 radical (unpaired) electrons. The highest BCUT2D eigenvalue weighted by molar-refractivity contribution is 7.00. The van der Waals surface area contributed by atoms with Gasteiger partial charge >= 0.3 is 0 Å². The van der Waals surface area contributed by atoms with Crippen molar-refractivity contribution in [2.75, 3.05) is 9.80 Å². The van der Waals surface area contributed by atoms with E-state index < -0.39 is 6.85 Å². The van der Waals surface area contributed by atoms with E-state index in [9.17, 15) is 4.11 Å². The van der Waals surface area contributed by atoms with E-state index in [2.05, 4.69) is 229 Å². The Labute approximate surface area is 413 Å². The van der Waals surface area contributed by atoms with Gasteiger partial charge < -0.3 is 9.80 Å². The average molecular weight is 894 g/mol. The highest BCUT2D eigenvalue weighted by atomic mass is 15.2. The van der Waals surface area contributed by atoms with Crippen LogP contribution in [-0.4, -0.2) is 6.71 Å². The predicted molar refractivity (Wildman–Crippen MR) is 294 cm³/mol. The van der Waals surface area contributed by atoms with E-state index in [1.165, 1.54) is 55.4 Å². The largest absolute Gasteiger partial charge is 0.311 e. The fraction of sp³-hybridized carbons (Fsp3) is 0.354. The van der Waals surface area contributed by atoms with Crippen molar-refractivity contribution >= 4 is 57.2 Å². The van der Waals surface area contributed by atoms with Crippen molar-refractivity contribution in [3.8, 4) is 11.1 Å². The second-order valence-corrected chi connectivity index (χ2v) is 25.3. The highest BCUT2D eigenvalue weighted by Gasteiger charge is 2.50. The molecule has 0 saturated heterocycles. The average Bonchev–Trinajstić information content (AvgIpc) is 3.48. The number of aryl methyl sites for hydroxylation is 2. The van der Waals surface area contributed by atoms with Gasteiger partial charge in [0.05, 0.1) is 5.69 Å². The molecule has 2 nitrogen and oxygen atoms in total. The first kappa shape index (κ1) is 41.2. The molecule has 0 fully saturated rings. The molecule has 0 bridgehead atoms. The molecule has 7 aromatic carbocycles. The summed E-state index contributed by atoms with van der Waals surface area (Å²) in [6, 6.07) is 48.0. The standard InChI is InChI=1S/C65H71BN2/c1-39-30-57-59-58(31-39)68(54-29-27-43(61(6,7)8)33-44(54)41-22-18-17-19-23-41)56-37-50-49(64(13,14)45-24-20-21-25-46(45)65(50,15)16)35-52(56)66(59)51-34-47-48(63(11,12)38-62(47,9)10)36-55(51)67(57)53-28-26-42(32-40(53)2)60(3,4)5/h17-37H,38H2,1-16H3/i1D3. The van der Waals surface area contributed by atoms with E-state index >= 15 is 0 Å². The lowest BCUT2D eigenvalue weighted by Gasteiger charge is -2.48. The molecule has 7 aromatic rings. The first-order valence-electron chi connectivity index (χ1n) is 26.6. The number of benzene rings is 7. The Morgan fingerprint density at radius 1 is 0.471 bits per heavy atom. The fourth-order valence-electron chi connectivity index (χ4n) is 13.3. The zero-order valence-corrected chi connectivity index (χ0v) is 43.3. The van der Waals surface area contributed by atoms with Crippen LogP contribution in [0.4, 0.5) is 34.1 Å². The zero-order chi connectivity index (χ0) is 50.9. The monoisotopic (exact) mass is 894 g/mol. The maximum atomic E-state index is 9.26. The van der Waals surface area contributed by atoms with Crippen molar-refractivity contribution in [3.05, 3.63) is 183 Å². The van der Waals surface area contributed by atoms with Crippen molar-refractivity contribution in [1.29, 1.82) is 0 Å². The summed E-state index contributed by atoms with van der Waals surface area (Å²) in [5, 5.41) is 0. The van der Waals surface area contributed by atoms with Gasteiger partial charge in [0, 0.05) is 48.9 Å². The smallest absolute Gasteiger partial charge is 0.252 e. The van der Waals surface area contributed by atoms with Crippen LogP contribution in [0.15, 0.2) is 127 Å². The second-order valence-electron chi connectivity index (χ2n) is 25.3. The van der Waals surface area contributed by atoms with E-state index in [0.717, 1.165) is 62.7 Å². The van der Waals surface area contributed by atoms with Crippen LogP contribution in [0.2, 0.25) is 0 Å². The van der Waals surface area contributed by atoms with Gasteiger partial charge in [0.2, 0.25) is 0 Å². The van der Waals surface area contributed by atoms with Crippen molar-refractivity contribution in [1.82, 2.24) is 0 Å². The number of hydrogen-bond acceptors (Lipinski definition) is 2. The molecule has 2 aliphatic carbocycles. The molecule has 0 N–H and O–H groups in total. The van der Waals surface area contributed by atoms with Crippen molar-refractivity contribution in [2.24, 2.45) is 0 Å². The van der Waals surface area contributed by atoms with Gasteiger partial charge in [0.15, 0.2) is 0 Å². The molecule has 0 atom stereocenters. The molecule has 344 valence electrons. The Morgan fingerprint density at radius 2 is 0.941 bits per heavy atom. The van der Waals surface area contributed by atoms with E-state index in [1.54, 1.807) is 0 Å².